The third kappa shape index (κ3) is 4.61. The molecule has 1 aliphatic heterocycles. The van der Waals surface area contributed by atoms with Crippen molar-refractivity contribution >= 4 is 35.1 Å². The zero-order valence-electron chi connectivity index (χ0n) is 13.8. The first kappa shape index (κ1) is 19.9. The summed E-state index contributed by atoms with van der Waals surface area (Å²) in [5.41, 5.74) is 1.03. The zero-order chi connectivity index (χ0) is 19.4. The van der Waals surface area contributed by atoms with Crippen molar-refractivity contribution in [2.24, 2.45) is 5.92 Å². The number of aliphatic carboxylic acids is 1. The van der Waals surface area contributed by atoms with Crippen LogP contribution in [0.2, 0.25) is 5.02 Å². The Morgan fingerprint density at radius 1 is 1.46 bits per heavy atom. The highest BCUT2D eigenvalue weighted by Crippen LogP contribution is 2.24. The van der Waals surface area contributed by atoms with Gasteiger partial charge in [-0.15, -0.1) is 4.48 Å². The number of carbonyl (C=O) groups excluding carboxylic acids is 2. The molecule has 2 rings (SSSR count). The molecule has 4 atom stereocenters. The van der Waals surface area contributed by atoms with Crippen LogP contribution in [-0.4, -0.2) is 46.2 Å². The molecule has 142 valence electrons. The minimum Gasteiger partial charge on any atom is -0.479 e. The number of aliphatic hydroxyl groups excluding tert-OH is 1. The Kier molecular flexibility index (Phi) is 6.38. The van der Waals surface area contributed by atoms with Crippen molar-refractivity contribution in [3.05, 3.63) is 28.8 Å². The Hall–Kier alpha value is -2.39. The van der Waals surface area contributed by atoms with Crippen LogP contribution >= 0.6 is 11.6 Å². The Bertz CT molecular complexity index is 717. The Morgan fingerprint density at radius 3 is 2.69 bits per heavy atom. The number of hydrogen-bond acceptors (Lipinski definition) is 5. The first-order chi connectivity index (χ1) is 12.2. The van der Waals surface area contributed by atoms with Crippen molar-refractivity contribution in [2.75, 3.05) is 5.54 Å². The molecule has 1 aromatic carbocycles. The molecule has 0 radical (unpaired) electrons. The smallest absolute Gasteiger partial charge is 0.334 e. The molecule has 1 aliphatic rings. The summed E-state index contributed by atoms with van der Waals surface area (Å²) < 4.78 is 12.9. The van der Waals surface area contributed by atoms with E-state index < -0.39 is 29.9 Å². The maximum absolute atomic E-state index is 12.9. The third-order valence-corrected chi connectivity index (χ3v) is 4.45. The molecule has 0 aromatic heterocycles. The standard InChI is InChI=1S/C16H19ClFN3O5/c1-7-4-8(14(23)19-7)5-12(13(22)16(25)26)20-15(24)10-6-9(17)2-3-11(10)21-18/h2-3,6-8,12-13,21-22H,4-5H2,1H3,(H,19,23)(H,20,24)(H,25,26)/t7-,8+,12+,13?/m1/s1. The van der Waals surface area contributed by atoms with Crippen LogP contribution in [0, 0.1) is 5.92 Å². The van der Waals surface area contributed by atoms with Gasteiger partial charge in [0.1, 0.15) is 0 Å². The number of amides is 2. The van der Waals surface area contributed by atoms with Gasteiger partial charge in [-0.1, -0.05) is 11.6 Å². The highest BCUT2D eigenvalue weighted by atomic mass is 35.5. The second-order valence-electron chi connectivity index (χ2n) is 6.23. The maximum Gasteiger partial charge on any atom is 0.334 e. The fourth-order valence-corrected chi connectivity index (χ4v) is 3.11. The molecule has 0 saturated carbocycles. The van der Waals surface area contributed by atoms with Gasteiger partial charge in [-0.3, -0.25) is 9.59 Å². The topological polar surface area (TPSA) is 128 Å². The van der Waals surface area contributed by atoms with Gasteiger partial charge in [0.05, 0.1) is 17.3 Å². The Morgan fingerprint density at radius 2 is 2.15 bits per heavy atom. The van der Waals surface area contributed by atoms with Gasteiger partial charge in [0.25, 0.3) is 5.91 Å². The van der Waals surface area contributed by atoms with E-state index in [9.17, 15) is 24.0 Å². The van der Waals surface area contributed by atoms with Crippen LogP contribution in [-0.2, 0) is 9.59 Å². The molecule has 26 heavy (non-hydrogen) atoms. The molecule has 1 aromatic rings. The van der Waals surface area contributed by atoms with Crippen LogP contribution in [0.1, 0.15) is 30.1 Å². The van der Waals surface area contributed by atoms with Gasteiger partial charge in [0.2, 0.25) is 5.91 Å². The largest absolute Gasteiger partial charge is 0.479 e. The monoisotopic (exact) mass is 387 g/mol. The van der Waals surface area contributed by atoms with Crippen LogP contribution in [0.4, 0.5) is 10.2 Å². The summed E-state index contributed by atoms with van der Waals surface area (Å²) in [6.45, 7) is 1.80. The molecule has 1 heterocycles. The van der Waals surface area contributed by atoms with Crippen LogP contribution in [0.15, 0.2) is 18.2 Å². The molecule has 2 amide bonds. The van der Waals surface area contributed by atoms with Crippen molar-refractivity contribution in [3.8, 4) is 0 Å². The average molecular weight is 388 g/mol. The molecule has 0 bridgehead atoms. The molecule has 0 aliphatic carbocycles. The van der Waals surface area contributed by atoms with E-state index in [0.717, 1.165) is 0 Å². The lowest BCUT2D eigenvalue weighted by atomic mass is 9.93. The molecule has 8 nitrogen and oxygen atoms in total. The number of halogens is 2. The molecular formula is C16H19ClFN3O5. The summed E-state index contributed by atoms with van der Waals surface area (Å²) in [6, 6.07) is 2.49. The minimum absolute atomic E-state index is 0.0751. The van der Waals surface area contributed by atoms with Crippen LogP contribution in [0.25, 0.3) is 0 Å². The van der Waals surface area contributed by atoms with Gasteiger partial charge in [0, 0.05) is 17.0 Å². The Balaban J connectivity index is 2.21. The number of rotatable bonds is 7. The second kappa shape index (κ2) is 8.33. The first-order valence-electron chi connectivity index (χ1n) is 7.91. The number of nitrogens with one attached hydrogen (secondary N) is 3. The third-order valence-electron chi connectivity index (χ3n) is 4.21. The van der Waals surface area contributed by atoms with Gasteiger partial charge in [0.15, 0.2) is 6.10 Å². The van der Waals surface area contributed by atoms with Crippen molar-refractivity contribution in [1.82, 2.24) is 10.6 Å². The molecule has 1 fully saturated rings. The molecule has 1 saturated heterocycles. The van der Waals surface area contributed by atoms with E-state index in [0.29, 0.717) is 6.42 Å². The fourth-order valence-electron chi connectivity index (χ4n) is 2.93. The number of carboxylic acid groups (broad SMARTS) is 1. The van der Waals surface area contributed by atoms with Gasteiger partial charge < -0.3 is 20.8 Å². The predicted molar refractivity (Wildman–Crippen MR) is 91.4 cm³/mol. The number of hydrogen-bond donors (Lipinski definition) is 5. The summed E-state index contributed by atoms with van der Waals surface area (Å²) >= 11 is 5.81. The lowest BCUT2D eigenvalue weighted by Gasteiger charge is -2.24. The summed E-state index contributed by atoms with van der Waals surface area (Å²) in [5, 5.41) is 24.2. The number of carbonyl (C=O) groups is 3. The minimum atomic E-state index is -1.93. The maximum atomic E-state index is 12.9. The SMILES string of the molecule is C[C@@H]1C[C@@H](C[C@H](NC(=O)c2cc(Cl)ccc2NF)C(O)C(=O)O)C(=O)N1. The molecule has 0 spiro atoms. The van der Waals surface area contributed by atoms with Crippen LogP contribution in [0.3, 0.4) is 0 Å². The Labute approximate surface area is 153 Å². The predicted octanol–water partition coefficient (Wildman–Crippen LogP) is 1.09. The van der Waals surface area contributed by atoms with Crippen molar-refractivity contribution < 1.29 is 29.1 Å². The number of benzene rings is 1. The molecule has 1 unspecified atom stereocenters. The van der Waals surface area contributed by atoms with Gasteiger partial charge in [-0.25, -0.2) is 10.3 Å². The van der Waals surface area contributed by atoms with Crippen LogP contribution < -0.4 is 16.2 Å². The second-order valence-corrected chi connectivity index (χ2v) is 6.66. The van der Waals surface area contributed by atoms with Gasteiger partial charge in [-0.2, -0.15) is 0 Å². The highest BCUT2D eigenvalue weighted by molar-refractivity contribution is 6.31. The van der Waals surface area contributed by atoms with E-state index in [1.807, 2.05) is 0 Å². The number of anilines is 1. The summed E-state index contributed by atoms with van der Waals surface area (Å²) in [7, 11) is 0. The average Bonchev–Trinajstić information content (AvgIpc) is 2.90. The van der Waals surface area contributed by atoms with Crippen molar-refractivity contribution in [1.29, 1.82) is 0 Å². The lowest BCUT2D eigenvalue weighted by molar-refractivity contribution is -0.148. The summed E-state index contributed by atoms with van der Waals surface area (Å²) in [6.07, 6.45) is -1.55. The summed E-state index contributed by atoms with van der Waals surface area (Å²) in [4.78, 5) is 35.5. The lowest BCUT2D eigenvalue weighted by Crippen LogP contribution is -2.48. The van der Waals surface area contributed by atoms with Crippen molar-refractivity contribution in [2.45, 2.75) is 38.0 Å². The van der Waals surface area contributed by atoms with E-state index in [1.54, 1.807) is 6.92 Å². The number of aliphatic hydroxyl groups is 1. The van der Waals surface area contributed by atoms with E-state index >= 15 is 0 Å². The van der Waals surface area contributed by atoms with E-state index in [2.05, 4.69) is 10.6 Å². The van der Waals surface area contributed by atoms with E-state index in [-0.39, 0.29) is 34.6 Å². The fraction of sp³-hybridized carbons (Fsp3) is 0.438. The van der Waals surface area contributed by atoms with Crippen LogP contribution in [0.5, 0.6) is 0 Å². The van der Waals surface area contributed by atoms with Gasteiger partial charge in [-0.05, 0) is 38.0 Å². The van der Waals surface area contributed by atoms with Crippen molar-refractivity contribution in [3.63, 3.8) is 0 Å². The highest BCUT2D eigenvalue weighted by Gasteiger charge is 2.36. The molecule has 10 heteroatoms. The van der Waals surface area contributed by atoms with Gasteiger partial charge >= 0.3 is 5.97 Å². The zero-order valence-corrected chi connectivity index (χ0v) is 14.6. The number of carboxylic acids is 1. The molecular weight excluding hydrogens is 369 g/mol. The first-order valence-corrected chi connectivity index (χ1v) is 8.29. The quantitative estimate of drug-likeness (QED) is 0.446. The molecule has 5 N–H and O–H groups in total. The summed E-state index contributed by atoms with van der Waals surface area (Å²) in [5.74, 6) is -3.20. The van der Waals surface area contributed by atoms with E-state index in [1.165, 1.54) is 23.7 Å². The van der Waals surface area contributed by atoms with E-state index in [4.69, 9.17) is 16.7 Å². The normalized spacial score (nSPS) is 21.6.